The summed E-state index contributed by atoms with van der Waals surface area (Å²) in [5.41, 5.74) is 3.35. The molecule has 0 bridgehead atoms. The summed E-state index contributed by atoms with van der Waals surface area (Å²) in [6, 6.07) is 18.7. The first-order valence-electron chi connectivity index (χ1n) is 11.0. The second-order valence-electron chi connectivity index (χ2n) is 7.80. The molecule has 2 aromatic carbocycles. The lowest BCUT2D eigenvalue weighted by molar-refractivity contribution is 0.102. The number of aromatic nitrogens is 5. The van der Waals surface area contributed by atoms with E-state index in [0.29, 0.717) is 24.8 Å². The maximum absolute atomic E-state index is 12.6. The van der Waals surface area contributed by atoms with E-state index in [4.69, 9.17) is 4.74 Å². The molecule has 0 spiro atoms. The summed E-state index contributed by atoms with van der Waals surface area (Å²) in [5, 5.41) is 14.5. The summed E-state index contributed by atoms with van der Waals surface area (Å²) in [6.07, 6.45) is 1.44. The van der Waals surface area contributed by atoms with Crippen LogP contribution in [0, 0.1) is 6.92 Å². The number of rotatable bonds is 6. The largest absolute Gasteiger partial charge is 0.378 e. The van der Waals surface area contributed by atoms with E-state index in [9.17, 15) is 4.79 Å². The van der Waals surface area contributed by atoms with E-state index in [-0.39, 0.29) is 11.6 Å². The molecule has 4 aromatic rings. The van der Waals surface area contributed by atoms with Gasteiger partial charge < -0.3 is 20.3 Å². The molecule has 172 valence electrons. The summed E-state index contributed by atoms with van der Waals surface area (Å²) >= 11 is 0. The molecule has 0 atom stereocenters. The Hall–Kier alpha value is -4.31. The third kappa shape index (κ3) is 5.02. The third-order valence-electron chi connectivity index (χ3n) is 5.29. The second-order valence-corrected chi connectivity index (χ2v) is 7.80. The van der Waals surface area contributed by atoms with Crippen molar-refractivity contribution in [1.29, 1.82) is 0 Å². The first-order chi connectivity index (χ1) is 16.6. The SMILES string of the molecule is Cc1cc(N2CCOCC2)nc(Nc2ccc(NC(=O)c3cnn(-c4ccccc4)n3)cc2)n1. The fourth-order valence-corrected chi connectivity index (χ4v) is 3.58. The molecular formula is C24H24N8O2. The number of morpholine rings is 1. The molecule has 1 amide bonds. The van der Waals surface area contributed by atoms with Crippen molar-refractivity contribution < 1.29 is 9.53 Å². The number of anilines is 4. The number of carbonyl (C=O) groups is 1. The molecule has 1 fully saturated rings. The Kier molecular flexibility index (Phi) is 6.13. The highest BCUT2D eigenvalue weighted by Crippen LogP contribution is 2.21. The van der Waals surface area contributed by atoms with Gasteiger partial charge in [-0.1, -0.05) is 18.2 Å². The lowest BCUT2D eigenvalue weighted by atomic mass is 10.2. The first kappa shape index (κ1) is 21.5. The van der Waals surface area contributed by atoms with Crippen LogP contribution in [0.2, 0.25) is 0 Å². The van der Waals surface area contributed by atoms with Crippen molar-refractivity contribution in [1.82, 2.24) is 25.0 Å². The number of hydrogen-bond acceptors (Lipinski definition) is 8. The Morgan fingerprint density at radius 1 is 0.971 bits per heavy atom. The molecule has 1 aliphatic heterocycles. The van der Waals surface area contributed by atoms with Crippen LogP contribution in [0.5, 0.6) is 0 Å². The predicted octanol–water partition coefficient (Wildman–Crippen LogP) is 3.20. The van der Waals surface area contributed by atoms with Crippen LogP contribution in [-0.4, -0.2) is 57.2 Å². The summed E-state index contributed by atoms with van der Waals surface area (Å²) < 4.78 is 5.43. The first-order valence-corrected chi connectivity index (χ1v) is 11.0. The van der Waals surface area contributed by atoms with Crippen molar-refractivity contribution in [3.8, 4) is 5.69 Å². The number of carbonyl (C=O) groups excluding carboxylic acids is 1. The molecule has 0 radical (unpaired) electrons. The fraction of sp³-hybridized carbons (Fsp3) is 0.208. The number of aryl methyl sites for hydroxylation is 1. The van der Waals surface area contributed by atoms with E-state index in [0.717, 1.165) is 36.0 Å². The van der Waals surface area contributed by atoms with E-state index in [2.05, 4.69) is 35.7 Å². The van der Waals surface area contributed by atoms with Gasteiger partial charge in [-0.15, -0.1) is 5.10 Å². The van der Waals surface area contributed by atoms with E-state index in [1.165, 1.54) is 11.0 Å². The topological polar surface area (TPSA) is 110 Å². The number of para-hydroxylation sites is 1. The van der Waals surface area contributed by atoms with Gasteiger partial charge in [0.05, 0.1) is 25.1 Å². The number of amides is 1. The molecule has 5 rings (SSSR count). The summed E-state index contributed by atoms with van der Waals surface area (Å²) in [6.45, 7) is 4.96. The number of hydrogen-bond donors (Lipinski definition) is 2. The van der Waals surface area contributed by atoms with Gasteiger partial charge in [0, 0.05) is 36.2 Å². The smallest absolute Gasteiger partial charge is 0.277 e. The van der Waals surface area contributed by atoms with Crippen molar-refractivity contribution in [3.63, 3.8) is 0 Å². The van der Waals surface area contributed by atoms with Crippen LogP contribution in [-0.2, 0) is 4.74 Å². The van der Waals surface area contributed by atoms with Gasteiger partial charge in [0.15, 0.2) is 5.69 Å². The molecule has 0 saturated carbocycles. The monoisotopic (exact) mass is 456 g/mol. The minimum absolute atomic E-state index is 0.231. The standard InChI is InChI=1S/C24H24N8O2/c1-17-15-22(31-11-13-34-14-12-31)29-24(26-17)28-19-9-7-18(8-10-19)27-23(33)21-16-25-32(30-21)20-5-3-2-4-6-20/h2-10,15-16H,11-14H2,1H3,(H,27,33)(H,26,28,29). The Bertz CT molecular complexity index is 1270. The predicted molar refractivity (Wildman–Crippen MR) is 129 cm³/mol. The third-order valence-corrected chi connectivity index (χ3v) is 5.29. The Balaban J connectivity index is 1.23. The number of nitrogens with one attached hydrogen (secondary N) is 2. The van der Waals surface area contributed by atoms with Gasteiger partial charge in [0.1, 0.15) is 5.82 Å². The number of ether oxygens (including phenoxy) is 1. The van der Waals surface area contributed by atoms with E-state index in [1.807, 2.05) is 55.5 Å². The highest BCUT2D eigenvalue weighted by molar-refractivity contribution is 6.02. The molecule has 1 aliphatic rings. The second kappa shape index (κ2) is 9.67. The Labute approximate surface area is 196 Å². The lowest BCUT2D eigenvalue weighted by Gasteiger charge is -2.28. The zero-order valence-corrected chi connectivity index (χ0v) is 18.7. The normalized spacial score (nSPS) is 13.5. The summed E-state index contributed by atoms with van der Waals surface area (Å²) in [7, 11) is 0. The van der Waals surface area contributed by atoms with Crippen molar-refractivity contribution in [2.45, 2.75) is 6.92 Å². The van der Waals surface area contributed by atoms with Crippen LogP contribution >= 0.6 is 0 Å². The Morgan fingerprint density at radius 3 is 2.47 bits per heavy atom. The summed E-state index contributed by atoms with van der Waals surface area (Å²) in [5.74, 6) is 1.07. The van der Waals surface area contributed by atoms with Crippen LogP contribution in [0.3, 0.4) is 0 Å². The quantitative estimate of drug-likeness (QED) is 0.455. The van der Waals surface area contributed by atoms with Gasteiger partial charge >= 0.3 is 0 Å². The molecule has 34 heavy (non-hydrogen) atoms. The highest BCUT2D eigenvalue weighted by Gasteiger charge is 2.15. The van der Waals surface area contributed by atoms with Crippen LogP contribution in [0.4, 0.5) is 23.1 Å². The molecular weight excluding hydrogens is 432 g/mol. The zero-order chi connectivity index (χ0) is 23.3. The minimum atomic E-state index is -0.333. The Morgan fingerprint density at radius 2 is 1.71 bits per heavy atom. The van der Waals surface area contributed by atoms with Gasteiger partial charge in [0.2, 0.25) is 5.95 Å². The molecule has 0 unspecified atom stereocenters. The summed E-state index contributed by atoms with van der Waals surface area (Å²) in [4.78, 5) is 25.3. The molecule has 10 heteroatoms. The van der Waals surface area contributed by atoms with Gasteiger partial charge in [0.25, 0.3) is 5.91 Å². The van der Waals surface area contributed by atoms with Gasteiger partial charge in [-0.2, -0.15) is 14.9 Å². The maximum atomic E-state index is 12.6. The average Bonchev–Trinajstić information content (AvgIpc) is 3.37. The highest BCUT2D eigenvalue weighted by atomic mass is 16.5. The van der Waals surface area contributed by atoms with Crippen molar-refractivity contribution in [3.05, 3.63) is 78.2 Å². The van der Waals surface area contributed by atoms with E-state index < -0.39 is 0 Å². The van der Waals surface area contributed by atoms with Gasteiger partial charge in [-0.3, -0.25) is 4.79 Å². The van der Waals surface area contributed by atoms with E-state index in [1.54, 1.807) is 12.1 Å². The molecule has 3 heterocycles. The van der Waals surface area contributed by atoms with Crippen LogP contribution < -0.4 is 15.5 Å². The lowest BCUT2D eigenvalue weighted by Crippen LogP contribution is -2.36. The van der Waals surface area contributed by atoms with Gasteiger partial charge in [-0.25, -0.2) is 4.98 Å². The number of nitrogens with zero attached hydrogens (tertiary/aromatic N) is 6. The van der Waals surface area contributed by atoms with E-state index >= 15 is 0 Å². The maximum Gasteiger partial charge on any atom is 0.277 e. The average molecular weight is 457 g/mol. The molecule has 10 nitrogen and oxygen atoms in total. The van der Waals surface area contributed by atoms with Crippen LogP contribution in [0.25, 0.3) is 5.69 Å². The zero-order valence-electron chi connectivity index (χ0n) is 18.7. The number of benzene rings is 2. The van der Waals surface area contributed by atoms with Crippen LogP contribution in [0.15, 0.2) is 66.9 Å². The van der Waals surface area contributed by atoms with Crippen LogP contribution in [0.1, 0.15) is 16.2 Å². The van der Waals surface area contributed by atoms with Crippen molar-refractivity contribution in [2.24, 2.45) is 0 Å². The van der Waals surface area contributed by atoms with Crippen molar-refractivity contribution >= 4 is 29.0 Å². The molecule has 0 aliphatic carbocycles. The molecule has 2 N–H and O–H groups in total. The van der Waals surface area contributed by atoms with Gasteiger partial charge in [-0.05, 0) is 43.3 Å². The molecule has 2 aromatic heterocycles. The fourth-order valence-electron chi connectivity index (χ4n) is 3.58. The minimum Gasteiger partial charge on any atom is -0.378 e. The molecule has 1 saturated heterocycles. The van der Waals surface area contributed by atoms with Crippen molar-refractivity contribution in [2.75, 3.05) is 41.8 Å².